The van der Waals surface area contributed by atoms with E-state index < -0.39 is 23.7 Å². The van der Waals surface area contributed by atoms with Crippen LogP contribution in [0.2, 0.25) is 0 Å². The molecule has 0 bridgehead atoms. The highest BCUT2D eigenvalue weighted by atomic mass is 16.6. The van der Waals surface area contributed by atoms with Crippen LogP contribution in [0.5, 0.6) is 0 Å². The molecule has 2 amide bonds. The zero-order valence-corrected chi connectivity index (χ0v) is 22.1. The van der Waals surface area contributed by atoms with Crippen molar-refractivity contribution >= 4 is 12.0 Å². The van der Waals surface area contributed by atoms with E-state index in [2.05, 4.69) is 26.0 Å². The van der Waals surface area contributed by atoms with Crippen molar-refractivity contribution in [1.82, 2.24) is 4.90 Å². The molecule has 4 aromatic rings. The number of hydrogen-bond donors (Lipinski definition) is 0. The number of ether oxygens (including phenoxy) is 1. The molecule has 4 nitrogen and oxygen atoms in total. The summed E-state index contributed by atoms with van der Waals surface area (Å²) in [6, 6.07) is 36.6. The first-order valence-corrected chi connectivity index (χ1v) is 13.2. The van der Waals surface area contributed by atoms with Crippen molar-refractivity contribution in [3.8, 4) is 0 Å². The molecule has 0 spiro atoms. The monoisotopic (exact) mass is 503 g/mol. The van der Waals surface area contributed by atoms with Gasteiger partial charge in [0.2, 0.25) is 5.91 Å². The van der Waals surface area contributed by atoms with Gasteiger partial charge in [0.1, 0.15) is 6.04 Å². The minimum absolute atomic E-state index is 0.283. The molecule has 4 aromatic carbocycles. The lowest BCUT2D eigenvalue weighted by Gasteiger charge is -2.36. The molecule has 1 heterocycles. The van der Waals surface area contributed by atoms with Gasteiger partial charge in [0, 0.05) is 11.1 Å². The Morgan fingerprint density at radius 2 is 1.26 bits per heavy atom. The van der Waals surface area contributed by atoms with Crippen LogP contribution in [0.3, 0.4) is 0 Å². The molecule has 0 aromatic heterocycles. The highest BCUT2D eigenvalue weighted by Crippen LogP contribution is 2.53. The van der Waals surface area contributed by atoms with Crippen LogP contribution in [0.4, 0.5) is 4.79 Å². The largest absolute Gasteiger partial charge is 0.430 e. The van der Waals surface area contributed by atoms with Crippen LogP contribution in [0.15, 0.2) is 115 Å². The van der Waals surface area contributed by atoms with Crippen LogP contribution < -0.4 is 0 Å². The van der Waals surface area contributed by atoms with Crippen molar-refractivity contribution in [2.75, 3.05) is 0 Å². The molecule has 0 unspecified atom stereocenters. The number of benzene rings is 4. The first kappa shape index (κ1) is 25.5. The number of imide groups is 1. The summed E-state index contributed by atoms with van der Waals surface area (Å²) in [5.41, 5.74) is 3.37. The summed E-state index contributed by atoms with van der Waals surface area (Å²) in [5.74, 6) is -0.256. The summed E-state index contributed by atoms with van der Waals surface area (Å²) in [7, 11) is 0. The van der Waals surface area contributed by atoms with E-state index in [0.717, 1.165) is 28.7 Å². The molecule has 1 aliphatic rings. The van der Waals surface area contributed by atoms with E-state index in [9.17, 15) is 9.59 Å². The molecule has 0 aliphatic carbocycles. The van der Waals surface area contributed by atoms with Gasteiger partial charge in [-0.05, 0) is 36.0 Å². The molecule has 1 saturated heterocycles. The third-order valence-electron chi connectivity index (χ3n) is 7.34. The van der Waals surface area contributed by atoms with Crippen molar-refractivity contribution < 1.29 is 14.3 Å². The Hall–Kier alpha value is -4.18. The van der Waals surface area contributed by atoms with Crippen LogP contribution in [-0.2, 0) is 21.6 Å². The molecule has 0 N–H and O–H groups in total. The number of rotatable bonds is 7. The van der Waals surface area contributed by atoms with Gasteiger partial charge in [0.25, 0.3) is 0 Å². The fourth-order valence-electron chi connectivity index (χ4n) is 5.50. The van der Waals surface area contributed by atoms with Gasteiger partial charge >= 0.3 is 6.09 Å². The summed E-state index contributed by atoms with van der Waals surface area (Å²) >= 11 is 0. The SMILES string of the molecule is CC(C)Cc1ccc([C@H](C)C(=O)N2C(=O)OC(c3ccccc3)(c3ccccc3)[C@@H]2c2ccccc2)cc1. The van der Waals surface area contributed by atoms with Crippen molar-refractivity contribution in [3.63, 3.8) is 0 Å². The lowest BCUT2D eigenvalue weighted by Crippen LogP contribution is -2.41. The highest BCUT2D eigenvalue weighted by molar-refractivity contribution is 5.98. The van der Waals surface area contributed by atoms with Gasteiger partial charge in [0.15, 0.2) is 5.60 Å². The molecular weight excluding hydrogens is 470 g/mol. The molecule has 0 saturated carbocycles. The van der Waals surface area contributed by atoms with E-state index in [-0.39, 0.29) is 5.91 Å². The highest BCUT2D eigenvalue weighted by Gasteiger charge is 2.59. The van der Waals surface area contributed by atoms with Crippen molar-refractivity contribution in [2.45, 2.75) is 44.8 Å². The Balaban J connectivity index is 1.62. The third kappa shape index (κ3) is 4.63. The second kappa shape index (κ2) is 10.7. The zero-order chi connectivity index (χ0) is 26.7. The fourth-order valence-corrected chi connectivity index (χ4v) is 5.50. The van der Waals surface area contributed by atoms with E-state index >= 15 is 0 Å². The van der Waals surface area contributed by atoms with Gasteiger partial charge < -0.3 is 4.74 Å². The Morgan fingerprint density at radius 1 is 0.763 bits per heavy atom. The molecule has 1 fully saturated rings. The summed E-state index contributed by atoms with van der Waals surface area (Å²) < 4.78 is 6.34. The van der Waals surface area contributed by atoms with Crippen LogP contribution in [0.1, 0.15) is 60.5 Å². The average Bonchev–Trinajstić information content (AvgIpc) is 3.27. The van der Waals surface area contributed by atoms with E-state index in [4.69, 9.17) is 4.74 Å². The van der Waals surface area contributed by atoms with E-state index in [1.54, 1.807) is 0 Å². The van der Waals surface area contributed by atoms with Gasteiger partial charge in [-0.15, -0.1) is 0 Å². The molecule has 38 heavy (non-hydrogen) atoms. The summed E-state index contributed by atoms with van der Waals surface area (Å²) in [5, 5.41) is 0. The fraction of sp³-hybridized carbons (Fsp3) is 0.235. The van der Waals surface area contributed by atoms with Crippen LogP contribution in [-0.4, -0.2) is 16.9 Å². The molecule has 192 valence electrons. The Bertz CT molecular complexity index is 1340. The second-order valence-electron chi connectivity index (χ2n) is 10.4. The van der Waals surface area contributed by atoms with E-state index in [1.165, 1.54) is 10.5 Å². The van der Waals surface area contributed by atoms with Crippen molar-refractivity contribution in [2.24, 2.45) is 5.92 Å². The van der Waals surface area contributed by atoms with E-state index in [0.29, 0.717) is 5.92 Å². The molecule has 5 rings (SSSR count). The molecular formula is C34H33NO3. The van der Waals surface area contributed by atoms with E-state index in [1.807, 2.05) is 110 Å². The lowest BCUT2D eigenvalue weighted by molar-refractivity contribution is -0.131. The van der Waals surface area contributed by atoms with Crippen LogP contribution in [0.25, 0.3) is 0 Å². The number of amides is 2. The predicted octanol–water partition coefficient (Wildman–Crippen LogP) is 7.65. The average molecular weight is 504 g/mol. The predicted molar refractivity (Wildman–Crippen MR) is 150 cm³/mol. The minimum Gasteiger partial charge on any atom is -0.430 e. The van der Waals surface area contributed by atoms with Gasteiger partial charge in [0.05, 0.1) is 5.92 Å². The van der Waals surface area contributed by atoms with Gasteiger partial charge in [-0.25, -0.2) is 9.69 Å². The van der Waals surface area contributed by atoms with Gasteiger partial charge in [-0.2, -0.15) is 0 Å². The topological polar surface area (TPSA) is 46.6 Å². The molecule has 0 radical (unpaired) electrons. The number of hydrogen-bond acceptors (Lipinski definition) is 3. The Labute approximate surface area is 224 Å². The van der Waals surface area contributed by atoms with Crippen molar-refractivity contribution in [1.29, 1.82) is 0 Å². The molecule has 1 aliphatic heterocycles. The Morgan fingerprint density at radius 3 is 1.76 bits per heavy atom. The van der Waals surface area contributed by atoms with Gasteiger partial charge in [-0.1, -0.05) is 129 Å². The Kier molecular flexibility index (Phi) is 7.15. The summed E-state index contributed by atoms with van der Waals surface area (Å²) in [6.45, 7) is 6.24. The first-order chi connectivity index (χ1) is 18.4. The lowest BCUT2D eigenvalue weighted by atomic mass is 9.77. The zero-order valence-electron chi connectivity index (χ0n) is 22.1. The maximum absolute atomic E-state index is 14.2. The third-order valence-corrected chi connectivity index (χ3v) is 7.34. The number of carbonyl (C=O) groups is 2. The minimum atomic E-state index is -1.20. The smallest absolute Gasteiger partial charge is 0.418 e. The van der Waals surface area contributed by atoms with Gasteiger partial charge in [-0.3, -0.25) is 4.79 Å². The number of carbonyl (C=O) groups excluding carboxylic acids is 2. The number of cyclic esters (lactones) is 1. The normalized spacial score (nSPS) is 17.3. The van der Waals surface area contributed by atoms with Crippen LogP contribution >= 0.6 is 0 Å². The molecule has 2 atom stereocenters. The second-order valence-corrected chi connectivity index (χ2v) is 10.4. The summed E-state index contributed by atoms with van der Waals surface area (Å²) in [6.07, 6.45) is 0.341. The summed E-state index contributed by atoms with van der Waals surface area (Å²) in [4.78, 5) is 29.3. The van der Waals surface area contributed by atoms with Crippen LogP contribution in [0, 0.1) is 5.92 Å². The maximum atomic E-state index is 14.2. The standard InChI is InChI=1S/C34H33NO3/c1-24(2)23-26-19-21-27(22-20-26)25(3)32(36)35-31(28-13-7-4-8-14-28)34(38-33(35)37,29-15-9-5-10-16-29)30-17-11-6-12-18-30/h4-22,24-25,31H,23H2,1-3H3/t25-,31-/m0/s1. The molecule has 4 heteroatoms. The van der Waals surface area contributed by atoms with Crippen molar-refractivity contribution in [3.05, 3.63) is 143 Å². The first-order valence-electron chi connectivity index (χ1n) is 13.2. The number of nitrogens with zero attached hydrogens (tertiary/aromatic N) is 1. The quantitative estimate of drug-likeness (QED) is 0.260. The maximum Gasteiger partial charge on any atom is 0.418 e.